The van der Waals surface area contributed by atoms with E-state index in [0.29, 0.717) is 6.61 Å². The van der Waals surface area contributed by atoms with Gasteiger partial charge in [-0.15, -0.1) is 0 Å². The van der Waals surface area contributed by atoms with E-state index in [1.807, 2.05) is 0 Å². The first kappa shape index (κ1) is 7.06. The summed E-state index contributed by atoms with van der Waals surface area (Å²) in [5.41, 5.74) is 0. The lowest BCUT2D eigenvalue weighted by molar-refractivity contribution is 0.00410. The maximum absolute atomic E-state index is 9.05. The summed E-state index contributed by atoms with van der Waals surface area (Å²) < 4.78 is 4.90. The number of aliphatic hydroxyl groups excluding tert-OH is 2. The second-order valence-electron chi connectivity index (χ2n) is 2.21. The SMILES string of the molecule is [B][C@H]1CO[C@H](CO)C1O. The van der Waals surface area contributed by atoms with Crippen LogP contribution in [0.4, 0.5) is 0 Å². The highest BCUT2D eigenvalue weighted by atomic mass is 16.5. The lowest BCUT2D eigenvalue weighted by Crippen LogP contribution is -2.26. The first-order valence-corrected chi connectivity index (χ1v) is 2.92. The first-order chi connectivity index (χ1) is 4.25. The van der Waals surface area contributed by atoms with Gasteiger partial charge in [0.25, 0.3) is 0 Å². The van der Waals surface area contributed by atoms with Crippen LogP contribution in [0.25, 0.3) is 0 Å². The van der Waals surface area contributed by atoms with Crippen molar-refractivity contribution in [1.29, 1.82) is 0 Å². The average Bonchev–Trinajstić information content (AvgIpc) is 2.15. The molecule has 9 heavy (non-hydrogen) atoms. The van der Waals surface area contributed by atoms with E-state index in [-0.39, 0.29) is 12.4 Å². The van der Waals surface area contributed by atoms with Gasteiger partial charge < -0.3 is 14.9 Å². The predicted octanol–water partition coefficient (Wildman–Crippen LogP) is -1.30. The molecule has 1 unspecified atom stereocenters. The highest BCUT2D eigenvalue weighted by Crippen LogP contribution is 2.21. The third-order valence-corrected chi connectivity index (χ3v) is 1.50. The summed E-state index contributed by atoms with van der Waals surface area (Å²) in [6, 6.07) is 0. The molecule has 50 valence electrons. The first-order valence-electron chi connectivity index (χ1n) is 2.92. The molecular formula is C5H9BO3. The fourth-order valence-corrected chi connectivity index (χ4v) is 0.868. The standard InChI is InChI=1S/C5H9BO3/c6-3-2-9-4(1-7)5(3)8/h3-5,7-8H,1-2H2/t3-,4+,5?/m0/s1. The zero-order valence-electron chi connectivity index (χ0n) is 5.03. The molecule has 3 nitrogen and oxygen atoms in total. The van der Waals surface area contributed by atoms with Gasteiger partial charge in [0, 0.05) is 6.61 Å². The van der Waals surface area contributed by atoms with Gasteiger partial charge in [0.05, 0.1) is 20.6 Å². The van der Waals surface area contributed by atoms with Crippen LogP contribution in [-0.4, -0.2) is 43.5 Å². The molecule has 1 heterocycles. The smallest absolute Gasteiger partial charge is 0.106 e. The second kappa shape index (κ2) is 2.69. The zero-order chi connectivity index (χ0) is 6.85. The molecule has 0 saturated carbocycles. The van der Waals surface area contributed by atoms with E-state index in [1.165, 1.54) is 0 Å². The van der Waals surface area contributed by atoms with Gasteiger partial charge >= 0.3 is 0 Å². The number of ether oxygens (including phenoxy) is 1. The van der Waals surface area contributed by atoms with E-state index in [0.717, 1.165) is 0 Å². The quantitative estimate of drug-likeness (QED) is 0.431. The van der Waals surface area contributed by atoms with Crippen molar-refractivity contribution in [2.24, 2.45) is 0 Å². The van der Waals surface area contributed by atoms with Crippen LogP contribution in [0.1, 0.15) is 0 Å². The average molecular weight is 128 g/mol. The van der Waals surface area contributed by atoms with E-state index in [4.69, 9.17) is 22.8 Å². The summed E-state index contributed by atoms with van der Waals surface area (Å²) in [6.07, 6.45) is -1.17. The molecule has 2 N–H and O–H groups in total. The van der Waals surface area contributed by atoms with Crippen molar-refractivity contribution < 1.29 is 14.9 Å². The Balaban J connectivity index is 2.41. The van der Waals surface area contributed by atoms with Crippen LogP contribution in [0.15, 0.2) is 0 Å². The normalized spacial score (nSPS) is 43.6. The number of rotatable bonds is 1. The van der Waals surface area contributed by atoms with Gasteiger partial charge in [-0.25, -0.2) is 0 Å². The topological polar surface area (TPSA) is 49.7 Å². The Hall–Kier alpha value is -0.0551. The summed E-state index contributed by atoms with van der Waals surface area (Å²) in [6.45, 7) is 0.182. The molecule has 1 rings (SSSR count). The molecule has 1 aliphatic rings. The van der Waals surface area contributed by atoms with Crippen LogP contribution in [0.5, 0.6) is 0 Å². The molecule has 0 spiro atoms. The summed E-state index contributed by atoms with van der Waals surface area (Å²) >= 11 is 0. The van der Waals surface area contributed by atoms with Crippen LogP contribution < -0.4 is 0 Å². The number of aliphatic hydroxyl groups is 2. The van der Waals surface area contributed by atoms with Gasteiger partial charge in [0.15, 0.2) is 0 Å². The lowest BCUT2D eigenvalue weighted by atomic mass is 9.83. The van der Waals surface area contributed by atoms with Crippen molar-refractivity contribution in [2.75, 3.05) is 13.2 Å². The Labute approximate surface area is 55.0 Å². The fourth-order valence-electron chi connectivity index (χ4n) is 0.868. The van der Waals surface area contributed by atoms with Crippen molar-refractivity contribution in [3.8, 4) is 0 Å². The zero-order valence-corrected chi connectivity index (χ0v) is 5.03. The Morgan fingerprint density at radius 1 is 1.67 bits per heavy atom. The number of hydrogen-bond acceptors (Lipinski definition) is 3. The van der Waals surface area contributed by atoms with Crippen LogP contribution in [0.2, 0.25) is 5.82 Å². The molecule has 4 heteroatoms. The monoisotopic (exact) mass is 128 g/mol. The van der Waals surface area contributed by atoms with Crippen LogP contribution in [0.3, 0.4) is 0 Å². The van der Waals surface area contributed by atoms with Gasteiger partial charge in [-0.05, 0) is 5.82 Å². The summed E-state index contributed by atoms with van der Waals surface area (Å²) in [5.74, 6) is -0.331. The van der Waals surface area contributed by atoms with Crippen LogP contribution in [-0.2, 0) is 4.74 Å². The molecule has 1 saturated heterocycles. The van der Waals surface area contributed by atoms with Gasteiger partial charge in [-0.2, -0.15) is 0 Å². The molecule has 0 aromatic heterocycles. The Bertz CT molecular complexity index is 98.2. The summed E-state index contributed by atoms with van der Waals surface area (Å²) in [4.78, 5) is 0. The van der Waals surface area contributed by atoms with Crippen LogP contribution >= 0.6 is 0 Å². The van der Waals surface area contributed by atoms with Gasteiger partial charge in [-0.3, -0.25) is 0 Å². The van der Waals surface area contributed by atoms with E-state index >= 15 is 0 Å². The Morgan fingerprint density at radius 2 is 2.33 bits per heavy atom. The summed E-state index contributed by atoms with van der Waals surface area (Å²) in [5, 5.41) is 17.6. The maximum Gasteiger partial charge on any atom is 0.106 e. The fraction of sp³-hybridized carbons (Fsp3) is 1.00. The molecule has 0 aliphatic carbocycles. The van der Waals surface area contributed by atoms with E-state index in [2.05, 4.69) is 0 Å². The molecule has 0 amide bonds. The molecule has 0 bridgehead atoms. The van der Waals surface area contributed by atoms with Crippen molar-refractivity contribution in [2.45, 2.75) is 18.0 Å². The van der Waals surface area contributed by atoms with Gasteiger partial charge in [0.1, 0.15) is 6.10 Å². The van der Waals surface area contributed by atoms with Crippen molar-refractivity contribution >= 4 is 7.85 Å². The van der Waals surface area contributed by atoms with Crippen LogP contribution in [0, 0.1) is 0 Å². The van der Waals surface area contributed by atoms with Gasteiger partial charge in [-0.1, -0.05) is 0 Å². The minimum Gasteiger partial charge on any atom is -0.394 e. The van der Waals surface area contributed by atoms with E-state index in [9.17, 15) is 0 Å². The molecule has 1 aliphatic heterocycles. The van der Waals surface area contributed by atoms with Gasteiger partial charge in [0.2, 0.25) is 0 Å². The lowest BCUT2D eigenvalue weighted by Gasteiger charge is -2.11. The summed E-state index contributed by atoms with van der Waals surface area (Å²) in [7, 11) is 5.36. The molecule has 3 atom stereocenters. The Morgan fingerprint density at radius 3 is 2.56 bits per heavy atom. The third kappa shape index (κ3) is 1.26. The second-order valence-corrected chi connectivity index (χ2v) is 2.21. The molecule has 2 radical (unpaired) electrons. The van der Waals surface area contributed by atoms with Crippen molar-refractivity contribution in [3.63, 3.8) is 0 Å². The largest absolute Gasteiger partial charge is 0.394 e. The molecule has 1 fully saturated rings. The van der Waals surface area contributed by atoms with Crippen molar-refractivity contribution in [1.82, 2.24) is 0 Å². The molecule has 0 aromatic carbocycles. The maximum atomic E-state index is 9.05. The van der Waals surface area contributed by atoms with Crippen molar-refractivity contribution in [3.05, 3.63) is 0 Å². The number of hydrogen-bond donors (Lipinski definition) is 2. The minimum atomic E-state index is -0.699. The third-order valence-electron chi connectivity index (χ3n) is 1.50. The molecule has 0 aromatic rings. The highest BCUT2D eigenvalue weighted by molar-refractivity contribution is 6.12. The highest BCUT2D eigenvalue weighted by Gasteiger charge is 2.31. The molecular weight excluding hydrogens is 119 g/mol. The minimum absolute atomic E-state index is 0.158. The van der Waals surface area contributed by atoms with E-state index < -0.39 is 12.2 Å². The predicted molar refractivity (Wildman–Crippen MR) is 32.3 cm³/mol. The Kier molecular flexibility index (Phi) is 2.11. The van der Waals surface area contributed by atoms with E-state index in [1.54, 1.807) is 0 Å².